The maximum atomic E-state index is 12.5. The van der Waals surface area contributed by atoms with Gasteiger partial charge in [-0.1, -0.05) is 61.4 Å². The van der Waals surface area contributed by atoms with E-state index in [2.05, 4.69) is 35.5 Å². The third-order valence-corrected chi connectivity index (χ3v) is 5.83. The summed E-state index contributed by atoms with van der Waals surface area (Å²) in [6.07, 6.45) is 5.73. The number of rotatable bonds is 10. The fourth-order valence-electron chi connectivity index (χ4n) is 4.15. The standard InChI is InChI=1S/C26H28N2O5/c1-3-15-28(16-25(30)31)24(29)14-13-18(4-2)27-26(32)33-17-23-21-11-7-5-9-19(21)20-10-6-8-12-22(20)23/h1,5-12,18,23H,4,13-17H2,2H3,(H,27,32)(H,30,31). The molecule has 2 aromatic carbocycles. The van der Waals surface area contributed by atoms with Gasteiger partial charge in [-0.25, -0.2) is 4.79 Å². The minimum absolute atomic E-state index is 0.0295. The van der Waals surface area contributed by atoms with E-state index in [9.17, 15) is 14.4 Å². The third kappa shape index (κ3) is 5.92. The quantitative estimate of drug-likeness (QED) is 0.541. The lowest BCUT2D eigenvalue weighted by Crippen LogP contribution is -2.39. The molecule has 0 saturated carbocycles. The fourth-order valence-corrected chi connectivity index (χ4v) is 4.15. The number of hydrogen-bond acceptors (Lipinski definition) is 4. The van der Waals surface area contributed by atoms with Gasteiger partial charge >= 0.3 is 12.1 Å². The summed E-state index contributed by atoms with van der Waals surface area (Å²) in [5.74, 6) is 0.787. The summed E-state index contributed by atoms with van der Waals surface area (Å²) in [5, 5.41) is 11.8. The van der Waals surface area contributed by atoms with E-state index in [1.807, 2.05) is 31.2 Å². The number of terminal acetylenes is 1. The van der Waals surface area contributed by atoms with Crippen molar-refractivity contribution in [2.24, 2.45) is 0 Å². The number of hydrogen-bond donors (Lipinski definition) is 2. The second kappa shape index (κ2) is 11.2. The molecule has 3 rings (SSSR count). The van der Waals surface area contributed by atoms with Crippen LogP contribution in [0.1, 0.15) is 43.2 Å². The topological polar surface area (TPSA) is 95.9 Å². The van der Waals surface area contributed by atoms with Crippen LogP contribution in [0, 0.1) is 12.3 Å². The average molecular weight is 449 g/mol. The summed E-state index contributed by atoms with van der Waals surface area (Å²) < 4.78 is 5.57. The van der Waals surface area contributed by atoms with Crippen LogP contribution < -0.4 is 5.32 Å². The number of carboxylic acid groups (broad SMARTS) is 1. The van der Waals surface area contributed by atoms with Crippen molar-refractivity contribution in [1.29, 1.82) is 0 Å². The summed E-state index contributed by atoms with van der Waals surface area (Å²) in [7, 11) is 0. The Morgan fingerprint density at radius 3 is 2.27 bits per heavy atom. The zero-order chi connectivity index (χ0) is 23.8. The van der Waals surface area contributed by atoms with E-state index >= 15 is 0 Å². The number of alkyl carbamates (subject to hydrolysis) is 1. The smallest absolute Gasteiger partial charge is 0.407 e. The summed E-state index contributed by atoms with van der Waals surface area (Å²) in [6, 6.07) is 16.0. The highest BCUT2D eigenvalue weighted by atomic mass is 16.5. The van der Waals surface area contributed by atoms with Crippen LogP contribution in [0.2, 0.25) is 0 Å². The zero-order valence-corrected chi connectivity index (χ0v) is 18.6. The first-order valence-electron chi connectivity index (χ1n) is 11.0. The lowest BCUT2D eigenvalue weighted by atomic mass is 9.98. The second-order valence-electron chi connectivity index (χ2n) is 7.96. The molecule has 2 amide bonds. The van der Waals surface area contributed by atoms with Crippen LogP contribution in [0.25, 0.3) is 11.1 Å². The van der Waals surface area contributed by atoms with Gasteiger partial charge in [-0.3, -0.25) is 9.59 Å². The lowest BCUT2D eigenvalue weighted by Gasteiger charge is -2.21. The van der Waals surface area contributed by atoms with E-state index in [4.69, 9.17) is 16.3 Å². The van der Waals surface area contributed by atoms with Gasteiger partial charge in [0.1, 0.15) is 13.2 Å². The minimum Gasteiger partial charge on any atom is -0.480 e. The maximum Gasteiger partial charge on any atom is 0.407 e. The Labute approximate surface area is 193 Å². The number of ether oxygens (including phenoxy) is 1. The second-order valence-corrected chi connectivity index (χ2v) is 7.96. The predicted molar refractivity (Wildman–Crippen MR) is 125 cm³/mol. The SMILES string of the molecule is C#CCN(CC(=O)O)C(=O)CCC(CC)NC(=O)OCC1c2ccccc2-c2ccccc21. The zero-order valence-electron chi connectivity index (χ0n) is 18.6. The Morgan fingerprint density at radius 2 is 1.73 bits per heavy atom. The molecule has 0 fully saturated rings. The van der Waals surface area contributed by atoms with Crippen molar-refractivity contribution >= 4 is 18.0 Å². The van der Waals surface area contributed by atoms with E-state index in [0.29, 0.717) is 12.8 Å². The van der Waals surface area contributed by atoms with Crippen molar-refractivity contribution in [3.63, 3.8) is 0 Å². The molecular weight excluding hydrogens is 420 g/mol. The van der Waals surface area contributed by atoms with Crippen LogP contribution in [0.4, 0.5) is 4.79 Å². The number of carboxylic acids is 1. The molecule has 2 aromatic rings. The van der Waals surface area contributed by atoms with Gasteiger partial charge in [0.2, 0.25) is 5.91 Å². The van der Waals surface area contributed by atoms with Gasteiger partial charge in [-0.15, -0.1) is 6.42 Å². The van der Waals surface area contributed by atoms with Gasteiger partial charge in [0.05, 0.1) is 6.54 Å². The number of fused-ring (bicyclic) bond motifs is 3. The lowest BCUT2D eigenvalue weighted by molar-refractivity contribution is -0.144. The molecule has 33 heavy (non-hydrogen) atoms. The van der Waals surface area contributed by atoms with E-state index < -0.39 is 18.6 Å². The summed E-state index contributed by atoms with van der Waals surface area (Å²) in [6.45, 7) is 1.60. The molecule has 0 bridgehead atoms. The van der Waals surface area contributed by atoms with Gasteiger partial charge in [0.25, 0.3) is 0 Å². The summed E-state index contributed by atoms with van der Waals surface area (Å²) >= 11 is 0. The molecule has 1 unspecified atom stereocenters. The van der Waals surface area contributed by atoms with Gasteiger partial charge in [-0.2, -0.15) is 0 Å². The van der Waals surface area contributed by atoms with Crippen molar-refractivity contribution in [3.05, 3.63) is 59.7 Å². The molecule has 172 valence electrons. The Morgan fingerprint density at radius 1 is 1.12 bits per heavy atom. The molecule has 0 aliphatic heterocycles. The van der Waals surface area contributed by atoms with E-state index in [1.165, 1.54) is 0 Å². The van der Waals surface area contributed by atoms with Crippen LogP contribution >= 0.6 is 0 Å². The molecule has 7 heteroatoms. The number of nitrogens with zero attached hydrogens (tertiary/aromatic N) is 1. The van der Waals surface area contributed by atoms with Crippen LogP contribution in [0.5, 0.6) is 0 Å². The highest BCUT2D eigenvalue weighted by molar-refractivity contribution is 5.82. The maximum absolute atomic E-state index is 12.5. The minimum atomic E-state index is -1.12. The van der Waals surface area contributed by atoms with Gasteiger partial charge in [0.15, 0.2) is 0 Å². The number of aliphatic carboxylic acids is 1. The molecule has 1 atom stereocenters. The van der Waals surface area contributed by atoms with Crippen molar-refractivity contribution in [2.45, 2.75) is 38.1 Å². The van der Waals surface area contributed by atoms with E-state index in [-0.39, 0.29) is 37.4 Å². The van der Waals surface area contributed by atoms with Gasteiger partial charge in [-0.05, 0) is 35.1 Å². The molecule has 2 N–H and O–H groups in total. The molecule has 0 saturated heterocycles. The monoisotopic (exact) mass is 448 g/mol. The molecule has 7 nitrogen and oxygen atoms in total. The summed E-state index contributed by atoms with van der Waals surface area (Å²) in [4.78, 5) is 36.9. The van der Waals surface area contributed by atoms with Crippen LogP contribution in [-0.4, -0.2) is 53.7 Å². The molecule has 1 aliphatic carbocycles. The van der Waals surface area contributed by atoms with Gasteiger partial charge in [0, 0.05) is 18.4 Å². The Balaban J connectivity index is 1.54. The highest BCUT2D eigenvalue weighted by Gasteiger charge is 2.29. The number of nitrogens with one attached hydrogen (secondary N) is 1. The largest absolute Gasteiger partial charge is 0.480 e. The predicted octanol–water partition coefficient (Wildman–Crippen LogP) is 3.63. The first kappa shape index (κ1) is 23.9. The number of benzene rings is 2. The van der Waals surface area contributed by atoms with Crippen molar-refractivity contribution in [3.8, 4) is 23.5 Å². The normalized spacial score (nSPS) is 12.7. The Hall–Kier alpha value is -3.79. The number of amides is 2. The molecular formula is C26H28N2O5. The van der Waals surface area contributed by atoms with Gasteiger partial charge < -0.3 is 20.1 Å². The van der Waals surface area contributed by atoms with E-state index in [0.717, 1.165) is 27.2 Å². The number of carbonyl (C=O) groups excluding carboxylic acids is 2. The molecule has 0 spiro atoms. The van der Waals surface area contributed by atoms with Crippen LogP contribution in [-0.2, 0) is 14.3 Å². The van der Waals surface area contributed by atoms with Crippen molar-refractivity contribution < 1.29 is 24.2 Å². The average Bonchev–Trinajstić information content (AvgIpc) is 3.13. The molecule has 0 radical (unpaired) electrons. The fraction of sp³-hybridized carbons (Fsp3) is 0.346. The first-order valence-corrected chi connectivity index (χ1v) is 11.0. The van der Waals surface area contributed by atoms with Crippen molar-refractivity contribution in [2.75, 3.05) is 19.7 Å². The van der Waals surface area contributed by atoms with Crippen LogP contribution in [0.3, 0.4) is 0 Å². The number of carbonyl (C=O) groups is 3. The third-order valence-electron chi connectivity index (χ3n) is 5.83. The first-order chi connectivity index (χ1) is 15.9. The molecule has 0 aromatic heterocycles. The van der Waals surface area contributed by atoms with Crippen molar-refractivity contribution in [1.82, 2.24) is 10.2 Å². The highest BCUT2D eigenvalue weighted by Crippen LogP contribution is 2.44. The van der Waals surface area contributed by atoms with E-state index in [1.54, 1.807) is 0 Å². The summed E-state index contributed by atoms with van der Waals surface area (Å²) in [5.41, 5.74) is 4.59. The Kier molecular flexibility index (Phi) is 8.09. The molecule has 1 aliphatic rings. The molecule has 0 heterocycles. The Bertz CT molecular complexity index is 1010. The van der Waals surface area contributed by atoms with Crippen LogP contribution in [0.15, 0.2) is 48.5 Å².